The standard InChI is InChI=1S/C16H14O2.C4H10.C2H6/c1-11(17)18-10-16-14-8-4-2-6-12(14)13-7-3-5-9-15(13)16;1-3-4-2;1-2/h2-9,16H,10H2,1H3;3-4H2,1-2H3;1-2H3. The summed E-state index contributed by atoms with van der Waals surface area (Å²) in [4.78, 5) is 11.0. The van der Waals surface area contributed by atoms with E-state index < -0.39 is 0 Å². The van der Waals surface area contributed by atoms with Crippen LogP contribution in [0.4, 0.5) is 0 Å². The Labute approximate surface area is 146 Å². The second-order valence-electron chi connectivity index (χ2n) is 5.53. The van der Waals surface area contributed by atoms with Gasteiger partial charge in [0.2, 0.25) is 0 Å². The Morgan fingerprint density at radius 1 is 0.875 bits per heavy atom. The molecule has 0 atom stereocenters. The van der Waals surface area contributed by atoms with Crippen molar-refractivity contribution >= 4 is 5.97 Å². The van der Waals surface area contributed by atoms with E-state index in [4.69, 9.17) is 4.74 Å². The number of ether oxygens (including phenoxy) is 1. The Balaban J connectivity index is 0.000000423. The molecule has 1 aliphatic carbocycles. The van der Waals surface area contributed by atoms with Gasteiger partial charge in [0.15, 0.2) is 0 Å². The summed E-state index contributed by atoms with van der Waals surface area (Å²) in [5.74, 6) is -0.0573. The SMILES string of the molecule is CC.CC(=O)OCC1c2ccccc2-c2ccccc21.CCCC. The first-order valence-corrected chi connectivity index (χ1v) is 9.00. The number of hydrogen-bond donors (Lipinski definition) is 0. The molecule has 2 aromatic carbocycles. The summed E-state index contributed by atoms with van der Waals surface area (Å²) < 4.78 is 5.20. The van der Waals surface area contributed by atoms with Crippen LogP contribution in [-0.4, -0.2) is 12.6 Å². The number of fused-ring (bicyclic) bond motifs is 3. The fraction of sp³-hybridized carbons (Fsp3) is 0.409. The summed E-state index contributed by atoms with van der Waals surface area (Å²) in [6, 6.07) is 16.6. The number of hydrogen-bond acceptors (Lipinski definition) is 2. The van der Waals surface area contributed by atoms with Crippen LogP contribution in [0.25, 0.3) is 11.1 Å². The van der Waals surface area contributed by atoms with Gasteiger partial charge in [0, 0.05) is 12.8 Å². The number of rotatable bonds is 3. The summed E-state index contributed by atoms with van der Waals surface area (Å²) >= 11 is 0. The maximum absolute atomic E-state index is 11.0. The third kappa shape index (κ3) is 4.95. The van der Waals surface area contributed by atoms with Crippen molar-refractivity contribution in [2.24, 2.45) is 0 Å². The van der Waals surface area contributed by atoms with E-state index in [1.165, 1.54) is 42.0 Å². The lowest BCUT2D eigenvalue weighted by Crippen LogP contribution is -2.09. The van der Waals surface area contributed by atoms with Crippen molar-refractivity contribution in [3.05, 3.63) is 59.7 Å². The van der Waals surface area contributed by atoms with E-state index >= 15 is 0 Å². The van der Waals surface area contributed by atoms with E-state index in [1.807, 2.05) is 38.1 Å². The van der Waals surface area contributed by atoms with Crippen LogP contribution in [0.5, 0.6) is 0 Å². The fourth-order valence-electron chi connectivity index (χ4n) is 2.64. The number of carbonyl (C=O) groups is 1. The van der Waals surface area contributed by atoms with Gasteiger partial charge in [-0.1, -0.05) is 89.1 Å². The molecule has 24 heavy (non-hydrogen) atoms. The van der Waals surface area contributed by atoms with Gasteiger partial charge in [-0.2, -0.15) is 0 Å². The van der Waals surface area contributed by atoms with Crippen molar-refractivity contribution in [1.82, 2.24) is 0 Å². The molecule has 0 aromatic heterocycles. The number of esters is 1. The van der Waals surface area contributed by atoms with E-state index in [9.17, 15) is 4.79 Å². The van der Waals surface area contributed by atoms with Crippen molar-refractivity contribution in [3.63, 3.8) is 0 Å². The Morgan fingerprint density at radius 3 is 1.67 bits per heavy atom. The smallest absolute Gasteiger partial charge is 0.302 e. The number of carbonyl (C=O) groups excluding carboxylic acids is 1. The van der Waals surface area contributed by atoms with E-state index in [1.54, 1.807) is 0 Å². The van der Waals surface area contributed by atoms with Crippen molar-refractivity contribution in [2.45, 2.75) is 53.4 Å². The predicted molar refractivity (Wildman–Crippen MR) is 102 cm³/mol. The molecule has 0 unspecified atom stereocenters. The first-order valence-electron chi connectivity index (χ1n) is 9.00. The lowest BCUT2D eigenvalue weighted by atomic mass is 9.98. The van der Waals surface area contributed by atoms with Crippen molar-refractivity contribution in [2.75, 3.05) is 6.61 Å². The zero-order chi connectivity index (χ0) is 17.9. The molecular formula is C22H30O2. The van der Waals surface area contributed by atoms with Crippen molar-refractivity contribution in [3.8, 4) is 11.1 Å². The first-order chi connectivity index (χ1) is 11.7. The van der Waals surface area contributed by atoms with Gasteiger partial charge in [-0.15, -0.1) is 0 Å². The normalized spacial score (nSPS) is 11.2. The van der Waals surface area contributed by atoms with E-state index in [0.29, 0.717) is 6.61 Å². The Hall–Kier alpha value is -2.09. The van der Waals surface area contributed by atoms with Gasteiger partial charge in [0.25, 0.3) is 0 Å². The molecule has 3 rings (SSSR count). The average Bonchev–Trinajstić information content (AvgIpc) is 2.96. The van der Waals surface area contributed by atoms with Crippen molar-refractivity contribution < 1.29 is 9.53 Å². The highest BCUT2D eigenvalue weighted by Gasteiger charge is 2.28. The van der Waals surface area contributed by atoms with Crippen LogP contribution >= 0.6 is 0 Å². The third-order valence-electron chi connectivity index (χ3n) is 3.92. The number of benzene rings is 2. The Bertz CT molecular complexity index is 584. The monoisotopic (exact) mass is 326 g/mol. The van der Waals surface area contributed by atoms with Crippen LogP contribution in [0.2, 0.25) is 0 Å². The summed E-state index contributed by atoms with van der Waals surface area (Å²) in [6.45, 7) is 10.2. The molecule has 1 aliphatic rings. The molecule has 2 aromatic rings. The van der Waals surface area contributed by atoms with Crippen LogP contribution in [0.15, 0.2) is 48.5 Å². The molecule has 0 amide bonds. The predicted octanol–water partition coefficient (Wildman–Crippen LogP) is 6.19. The van der Waals surface area contributed by atoms with Crippen LogP contribution in [-0.2, 0) is 9.53 Å². The maximum atomic E-state index is 11.0. The van der Waals surface area contributed by atoms with Crippen LogP contribution in [0.1, 0.15) is 64.5 Å². The average molecular weight is 326 g/mol. The quantitative estimate of drug-likeness (QED) is 0.628. The van der Waals surface area contributed by atoms with Crippen molar-refractivity contribution in [1.29, 1.82) is 0 Å². The molecule has 0 fully saturated rings. The van der Waals surface area contributed by atoms with Gasteiger partial charge in [0.05, 0.1) is 0 Å². The van der Waals surface area contributed by atoms with Gasteiger partial charge < -0.3 is 4.74 Å². The lowest BCUT2D eigenvalue weighted by Gasteiger charge is -2.12. The van der Waals surface area contributed by atoms with Crippen LogP contribution < -0.4 is 0 Å². The van der Waals surface area contributed by atoms with E-state index in [0.717, 1.165) is 0 Å². The minimum Gasteiger partial charge on any atom is -0.465 e. The molecule has 0 N–H and O–H groups in total. The lowest BCUT2D eigenvalue weighted by molar-refractivity contribution is -0.141. The summed E-state index contributed by atoms with van der Waals surface area (Å²) in [5, 5.41) is 0. The first kappa shape index (κ1) is 20.0. The largest absolute Gasteiger partial charge is 0.465 e. The van der Waals surface area contributed by atoms with Gasteiger partial charge in [0.1, 0.15) is 6.61 Å². The van der Waals surface area contributed by atoms with Gasteiger partial charge in [-0.3, -0.25) is 4.79 Å². The highest BCUT2D eigenvalue weighted by Crippen LogP contribution is 2.44. The van der Waals surface area contributed by atoms with Gasteiger partial charge in [-0.05, 0) is 22.3 Å². The zero-order valence-electron chi connectivity index (χ0n) is 15.6. The molecule has 0 heterocycles. The highest BCUT2D eigenvalue weighted by atomic mass is 16.5. The minimum absolute atomic E-state index is 0.168. The molecule has 0 spiro atoms. The topological polar surface area (TPSA) is 26.3 Å². The molecule has 0 radical (unpaired) electrons. The zero-order valence-corrected chi connectivity index (χ0v) is 15.6. The van der Waals surface area contributed by atoms with Crippen LogP contribution in [0, 0.1) is 0 Å². The molecular weight excluding hydrogens is 296 g/mol. The molecule has 130 valence electrons. The maximum Gasteiger partial charge on any atom is 0.302 e. The molecule has 0 saturated heterocycles. The third-order valence-corrected chi connectivity index (χ3v) is 3.92. The molecule has 0 aliphatic heterocycles. The molecule has 0 bridgehead atoms. The van der Waals surface area contributed by atoms with E-state index in [2.05, 4.69) is 38.1 Å². The molecule has 2 heteroatoms. The second-order valence-corrected chi connectivity index (χ2v) is 5.53. The Kier molecular flexibility index (Phi) is 8.85. The Morgan fingerprint density at radius 2 is 1.29 bits per heavy atom. The second kappa shape index (κ2) is 10.6. The number of unbranched alkanes of at least 4 members (excludes halogenated alkanes) is 1. The highest BCUT2D eigenvalue weighted by molar-refractivity contribution is 5.79. The summed E-state index contributed by atoms with van der Waals surface area (Å²) in [6.07, 6.45) is 2.64. The molecule has 2 nitrogen and oxygen atoms in total. The summed E-state index contributed by atoms with van der Waals surface area (Å²) in [7, 11) is 0. The molecule has 0 saturated carbocycles. The fourth-order valence-corrected chi connectivity index (χ4v) is 2.64. The summed E-state index contributed by atoms with van der Waals surface area (Å²) in [5.41, 5.74) is 5.01. The van der Waals surface area contributed by atoms with Crippen LogP contribution in [0.3, 0.4) is 0 Å². The minimum atomic E-state index is -0.225. The van der Waals surface area contributed by atoms with Gasteiger partial charge in [-0.25, -0.2) is 0 Å². The van der Waals surface area contributed by atoms with Gasteiger partial charge >= 0.3 is 5.97 Å². The van der Waals surface area contributed by atoms with E-state index in [-0.39, 0.29) is 11.9 Å².